The standard InChI is InChI=1S/C12H13N5O4/c1-7-2-3-9(17(20)21)5-11(7)16-6-8(14-15-16)4-10(13)12(18)19/h2-3,5-6,10H,4,13H2,1H3,(H,18,19). The van der Waals surface area contributed by atoms with Crippen LogP contribution >= 0.6 is 0 Å². The van der Waals surface area contributed by atoms with E-state index in [-0.39, 0.29) is 12.1 Å². The first-order chi connectivity index (χ1) is 9.88. The molecule has 2 aromatic rings. The quantitative estimate of drug-likeness (QED) is 0.602. The Morgan fingerprint density at radius 1 is 1.57 bits per heavy atom. The third kappa shape index (κ3) is 3.20. The summed E-state index contributed by atoms with van der Waals surface area (Å²) in [4.78, 5) is 21.0. The predicted octanol–water partition coefficient (Wildman–Crippen LogP) is 0.438. The minimum atomic E-state index is -1.13. The number of nitro benzene ring substituents is 1. The van der Waals surface area contributed by atoms with Gasteiger partial charge in [-0.3, -0.25) is 14.9 Å². The van der Waals surface area contributed by atoms with E-state index < -0.39 is 16.9 Å². The second-order valence-electron chi connectivity index (χ2n) is 4.53. The van der Waals surface area contributed by atoms with Gasteiger partial charge in [0.1, 0.15) is 6.04 Å². The van der Waals surface area contributed by atoms with Crippen LogP contribution in [0.15, 0.2) is 24.4 Å². The number of aliphatic carboxylic acids is 1. The zero-order valence-electron chi connectivity index (χ0n) is 11.1. The molecule has 9 nitrogen and oxygen atoms in total. The van der Waals surface area contributed by atoms with Crippen molar-refractivity contribution in [2.75, 3.05) is 0 Å². The lowest BCUT2D eigenvalue weighted by Gasteiger charge is -2.04. The van der Waals surface area contributed by atoms with Gasteiger partial charge < -0.3 is 10.8 Å². The molecule has 110 valence electrons. The average molecular weight is 291 g/mol. The second kappa shape index (κ2) is 5.67. The van der Waals surface area contributed by atoms with E-state index in [2.05, 4.69) is 10.3 Å². The summed E-state index contributed by atoms with van der Waals surface area (Å²) in [5.74, 6) is -1.13. The molecule has 0 aliphatic rings. The summed E-state index contributed by atoms with van der Waals surface area (Å²) in [6, 6.07) is 3.32. The van der Waals surface area contributed by atoms with Crippen LogP contribution in [-0.2, 0) is 11.2 Å². The summed E-state index contributed by atoms with van der Waals surface area (Å²) < 4.78 is 1.37. The molecule has 0 spiro atoms. The van der Waals surface area contributed by atoms with Crippen molar-refractivity contribution in [1.29, 1.82) is 0 Å². The molecule has 0 saturated carbocycles. The van der Waals surface area contributed by atoms with Crippen molar-refractivity contribution >= 4 is 11.7 Å². The number of aromatic nitrogens is 3. The molecule has 0 aliphatic heterocycles. The van der Waals surface area contributed by atoms with Gasteiger partial charge in [0.2, 0.25) is 0 Å². The molecule has 0 radical (unpaired) electrons. The van der Waals surface area contributed by atoms with E-state index in [1.165, 1.54) is 23.0 Å². The molecule has 1 atom stereocenters. The summed E-state index contributed by atoms with van der Waals surface area (Å²) in [5.41, 5.74) is 7.05. The highest BCUT2D eigenvalue weighted by atomic mass is 16.6. The van der Waals surface area contributed by atoms with Crippen molar-refractivity contribution < 1.29 is 14.8 Å². The van der Waals surface area contributed by atoms with E-state index in [1.807, 2.05) is 0 Å². The van der Waals surface area contributed by atoms with Gasteiger partial charge in [0, 0.05) is 18.6 Å². The largest absolute Gasteiger partial charge is 0.480 e. The molecular formula is C12H13N5O4. The van der Waals surface area contributed by atoms with Crippen molar-refractivity contribution in [2.24, 2.45) is 5.73 Å². The van der Waals surface area contributed by atoms with Gasteiger partial charge in [0.25, 0.3) is 5.69 Å². The Hall–Kier alpha value is -2.81. The Kier molecular flexibility index (Phi) is 3.94. The summed E-state index contributed by atoms with van der Waals surface area (Å²) in [6.07, 6.45) is 1.54. The van der Waals surface area contributed by atoms with Crippen LogP contribution in [0.5, 0.6) is 0 Å². The summed E-state index contributed by atoms with van der Waals surface area (Å²) in [6.45, 7) is 1.78. The minimum Gasteiger partial charge on any atom is -0.480 e. The van der Waals surface area contributed by atoms with Crippen molar-refractivity contribution in [1.82, 2.24) is 15.0 Å². The number of nitro groups is 1. The number of carboxylic acids is 1. The molecule has 0 saturated heterocycles. The highest BCUT2D eigenvalue weighted by Crippen LogP contribution is 2.20. The molecule has 1 aromatic carbocycles. The van der Waals surface area contributed by atoms with Crippen LogP contribution < -0.4 is 5.73 Å². The fourth-order valence-corrected chi connectivity index (χ4v) is 1.78. The molecule has 2 rings (SSSR count). The highest BCUT2D eigenvalue weighted by Gasteiger charge is 2.16. The van der Waals surface area contributed by atoms with E-state index in [0.29, 0.717) is 11.4 Å². The van der Waals surface area contributed by atoms with Crippen molar-refractivity contribution in [2.45, 2.75) is 19.4 Å². The second-order valence-corrected chi connectivity index (χ2v) is 4.53. The molecule has 1 heterocycles. The zero-order valence-corrected chi connectivity index (χ0v) is 11.1. The van der Waals surface area contributed by atoms with Gasteiger partial charge in [0.15, 0.2) is 0 Å². The van der Waals surface area contributed by atoms with Gasteiger partial charge in [0.05, 0.1) is 22.5 Å². The molecule has 1 aromatic heterocycles. The van der Waals surface area contributed by atoms with Crippen LogP contribution in [0.2, 0.25) is 0 Å². The van der Waals surface area contributed by atoms with E-state index >= 15 is 0 Å². The number of carbonyl (C=O) groups is 1. The number of aryl methyl sites for hydroxylation is 1. The lowest BCUT2D eigenvalue weighted by Crippen LogP contribution is -2.32. The third-order valence-electron chi connectivity index (χ3n) is 2.94. The molecule has 9 heteroatoms. The molecule has 1 unspecified atom stereocenters. The predicted molar refractivity (Wildman–Crippen MR) is 72.1 cm³/mol. The van der Waals surface area contributed by atoms with Gasteiger partial charge >= 0.3 is 5.97 Å². The maximum Gasteiger partial charge on any atom is 0.320 e. The highest BCUT2D eigenvalue weighted by molar-refractivity contribution is 5.73. The zero-order chi connectivity index (χ0) is 15.6. The maximum absolute atomic E-state index is 10.8. The van der Waals surface area contributed by atoms with Crippen molar-refractivity contribution in [3.63, 3.8) is 0 Å². The molecule has 0 amide bonds. The Morgan fingerprint density at radius 3 is 2.90 bits per heavy atom. The average Bonchev–Trinajstić information content (AvgIpc) is 2.87. The Labute approximate surface area is 119 Å². The molecular weight excluding hydrogens is 278 g/mol. The van der Waals surface area contributed by atoms with Crippen LogP contribution in [0.4, 0.5) is 5.69 Å². The SMILES string of the molecule is Cc1ccc([N+](=O)[O-])cc1-n1cc(CC(N)C(=O)O)nn1. The molecule has 0 fully saturated rings. The Morgan fingerprint density at radius 2 is 2.29 bits per heavy atom. The smallest absolute Gasteiger partial charge is 0.320 e. The summed E-state index contributed by atoms with van der Waals surface area (Å²) >= 11 is 0. The van der Waals surface area contributed by atoms with Gasteiger partial charge in [-0.25, -0.2) is 4.68 Å². The van der Waals surface area contributed by atoms with Gasteiger partial charge in [-0.15, -0.1) is 5.10 Å². The first-order valence-electron chi connectivity index (χ1n) is 6.03. The summed E-state index contributed by atoms with van der Waals surface area (Å²) in [7, 11) is 0. The molecule has 0 aliphatic carbocycles. The number of carboxylic acid groups (broad SMARTS) is 1. The number of benzene rings is 1. The van der Waals surface area contributed by atoms with E-state index in [9.17, 15) is 14.9 Å². The number of hydrogen-bond donors (Lipinski definition) is 2. The lowest BCUT2D eigenvalue weighted by molar-refractivity contribution is -0.384. The third-order valence-corrected chi connectivity index (χ3v) is 2.94. The lowest BCUT2D eigenvalue weighted by atomic mass is 10.1. The van der Waals surface area contributed by atoms with Gasteiger partial charge in [-0.05, 0) is 12.5 Å². The number of nitrogens with two attached hydrogens (primary N) is 1. The fraction of sp³-hybridized carbons (Fsp3) is 0.250. The molecule has 21 heavy (non-hydrogen) atoms. The molecule has 0 bridgehead atoms. The van der Waals surface area contributed by atoms with Crippen LogP contribution in [0, 0.1) is 17.0 Å². The fourth-order valence-electron chi connectivity index (χ4n) is 1.78. The van der Waals surface area contributed by atoms with Crippen molar-refractivity contribution in [3.05, 3.63) is 45.8 Å². The van der Waals surface area contributed by atoms with E-state index in [1.54, 1.807) is 13.0 Å². The number of nitrogens with zero attached hydrogens (tertiary/aromatic N) is 4. The van der Waals surface area contributed by atoms with E-state index in [0.717, 1.165) is 5.56 Å². The number of rotatable bonds is 5. The Bertz CT molecular complexity index is 697. The first kappa shape index (κ1) is 14.6. The normalized spacial score (nSPS) is 12.1. The van der Waals surface area contributed by atoms with Crippen LogP contribution in [0.25, 0.3) is 5.69 Å². The monoisotopic (exact) mass is 291 g/mol. The summed E-state index contributed by atoms with van der Waals surface area (Å²) in [5, 5.41) is 27.2. The van der Waals surface area contributed by atoms with Crippen LogP contribution in [0.1, 0.15) is 11.3 Å². The number of non-ortho nitro benzene ring substituents is 1. The molecule has 3 N–H and O–H groups in total. The topological polar surface area (TPSA) is 137 Å². The van der Waals surface area contributed by atoms with E-state index in [4.69, 9.17) is 10.8 Å². The van der Waals surface area contributed by atoms with Crippen LogP contribution in [0.3, 0.4) is 0 Å². The first-order valence-corrected chi connectivity index (χ1v) is 6.03. The maximum atomic E-state index is 10.8. The number of hydrogen-bond acceptors (Lipinski definition) is 6. The van der Waals surface area contributed by atoms with Gasteiger partial charge in [-0.2, -0.15) is 0 Å². The van der Waals surface area contributed by atoms with Crippen LogP contribution in [-0.4, -0.2) is 37.0 Å². The van der Waals surface area contributed by atoms with Gasteiger partial charge in [-0.1, -0.05) is 11.3 Å². The minimum absolute atomic E-state index is 0.0311. The Balaban J connectivity index is 2.31. The van der Waals surface area contributed by atoms with Crippen molar-refractivity contribution in [3.8, 4) is 5.69 Å².